The maximum atomic E-state index is 6.79. The van der Waals surface area contributed by atoms with Crippen molar-refractivity contribution >= 4 is 17.1 Å². The summed E-state index contributed by atoms with van der Waals surface area (Å²) in [5.74, 6) is 2.49. The molecular weight excluding hydrogens is 1110 g/mol. The van der Waals surface area contributed by atoms with Crippen molar-refractivity contribution in [2.24, 2.45) is 0 Å². The first-order valence-electron chi connectivity index (χ1n) is 33.0. The standard InChI is InChI=1S/C90H73NO/c1-5-63(66-29-31-68(32-30-66)70-35-33-69-34-36-71(69)57-70)56-62(4)64-39-47-79(48-40-64)92-80-49-41-74(42-50-80)90(75-54-60(2)53-61(3)55-75)86-28-18-16-26-82(86)84-52-46-78(59-88(84)90)91(76-43-37-67(38-44-76)65-19-9-6-10-20-65)77-45-51-83-81-25-15-17-27-85(81)89(87(83)58-77,72-21-11-7-12-22-72)73-23-13-8-14-24-73/h6-33,35,37-55,57-59,62-63H,5,34,36,56H2,1-4H3. The summed E-state index contributed by atoms with van der Waals surface area (Å²) in [5, 5.41) is 0. The van der Waals surface area contributed by atoms with Crippen LogP contribution >= 0.6 is 0 Å². The Morgan fingerprint density at radius 1 is 0.348 bits per heavy atom. The van der Waals surface area contributed by atoms with Gasteiger partial charge in [-0.25, -0.2) is 0 Å². The molecule has 0 bridgehead atoms. The lowest BCUT2D eigenvalue weighted by Crippen LogP contribution is -2.29. The Labute approximate surface area is 542 Å². The molecule has 0 aromatic heterocycles. The molecule has 3 atom stereocenters. The molecule has 0 aliphatic heterocycles. The summed E-state index contributed by atoms with van der Waals surface area (Å²) in [6.07, 6.45) is 4.60. The summed E-state index contributed by atoms with van der Waals surface area (Å²) in [6, 6.07) is 116. The van der Waals surface area contributed by atoms with Crippen LogP contribution in [-0.2, 0) is 23.7 Å². The molecule has 0 amide bonds. The number of rotatable bonds is 16. The zero-order chi connectivity index (χ0) is 61.9. The quantitative estimate of drug-likeness (QED) is 0.0956. The lowest BCUT2D eigenvalue weighted by molar-refractivity contribution is 0.481. The molecule has 0 saturated heterocycles. The van der Waals surface area contributed by atoms with Crippen LogP contribution < -0.4 is 9.64 Å². The second-order valence-corrected chi connectivity index (χ2v) is 26.0. The molecule has 0 spiro atoms. The van der Waals surface area contributed by atoms with Crippen molar-refractivity contribution in [2.45, 2.75) is 76.0 Å². The van der Waals surface area contributed by atoms with Gasteiger partial charge < -0.3 is 9.64 Å². The minimum atomic E-state index is -0.686. The van der Waals surface area contributed by atoms with Crippen LogP contribution in [0.2, 0.25) is 0 Å². The van der Waals surface area contributed by atoms with Gasteiger partial charge in [-0.3, -0.25) is 0 Å². The normalized spacial score (nSPS) is 15.2. The van der Waals surface area contributed by atoms with E-state index in [0.717, 1.165) is 41.4 Å². The summed E-state index contributed by atoms with van der Waals surface area (Å²) < 4.78 is 6.79. The van der Waals surface area contributed by atoms with Crippen molar-refractivity contribution < 1.29 is 4.74 Å². The highest BCUT2D eigenvalue weighted by Gasteiger charge is 2.48. The molecule has 0 radical (unpaired) electrons. The van der Waals surface area contributed by atoms with E-state index in [1.807, 2.05) is 0 Å². The summed E-state index contributed by atoms with van der Waals surface area (Å²) in [4.78, 5) is 2.49. The fourth-order valence-corrected chi connectivity index (χ4v) is 16.0. The third kappa shape index (κ3) is 9.62. The summed E-state index contributed by atoms with van der Waals surface area (Å²) >= 11 is 0. The fraction of sp³-hybridized carbons (Fsp3) is 0.133. The lowest BCUT2D eigenvalue weighted by atomic mass is 9.67. The van der Waals surface area contributed by atoms with Crippen molar-refractivity contribution in [3.63, 3.8) is 0 Å². The van der Waals surface area contributed by atoms with Crippen molar-refractivity contribution in [3.05, 3.63) is 387 Å². The number of hydrogen-bond acceptors (Lipinski definition) is 2. The first-order valence-corrected chi connectivity index (χ1v) is 33.0. The number of nitrogens with zero attached hydrogens (tertiary/aromatic N) is 1. The molecule has 2 nitrogen and oxygen atoms in total. The Bertz CT molecular complexity index is 4800. The Morgan fingerprint density at radius 2 is 0.783 bits per heavy atom. The van der Waals surface area contributed by atoms with E-state index < -0.39 is 10.8 Å². The molecule has 2 heteroatoms. The third-order valence-electron chi connectivity index (χ3n) is 20.6. The number of ether oxygens (including phenoxy) is 1. The van der Waals surface area contributed by atoms with E-state index >= 15 is 0 Å². The zero-order valence-electron chi connectivity index (χ0n) is 52.8. The van der Waals surface area contributed by atoms with Gasteiger partial charge in [0.2, 0.25) is 0 Å². The average Bonchev–Trinajstić information content (AvgIpc) is 1.53. The van der Waals surface area contributed by atoms with E-state index in [1.54, 1.807) is 0 Å². The second kappa shape index (κ2) is 23.4. The number of hydrogen-bond donors (Lipinski definition) is 0. The van der Waals surface area contributed by atoms with E-state index in [1.165, 1.54) is 135 Å². The van der Waals surface area contributed by atoms with Crippen molar-refractivity contribution in [2.75, 3.05) is 4.90 Å². The largest absolute Gasteiger partial charge is 0.457 e. The minimum absolute atomic E-state index is 0.386. The number of aryl methyl sites for hydroxylation is 4. The van der Waals surface area contributed by atoms with Crippen LogP contribution in [0.4, 0.5) is 17.1 Å². The molecule has 92 heavy (non-hydrogen) atoms. The van der Waals surface area contributed by atoms with Gasteiger partial charge in [0.25, 0.3) is 0 Å². The predicted molar refractivity (Wildman–Crippen MR) is 383 cm³/mol. The van der Waals surface area contributed by atoms with Crippen LogP contribution in [0.25, 0.3) is 44.5 Å². The van der Waals surface area contributed by atoms with Crippen LogP contribution in [0.3, 0.4) is 0 Å². The highest BCUT2D eigenvalue weighted by atomic mass is 16.5. The van der Waals surface area contributed by atoms with Gasteiger partial charge in [-0.2, -0.15) is 0 Å². The summed E-state index contributed by atoms with van der Waals surface area (Å²) in [7, 11) is 0. The Morgan fingerprint density at radius 3 is 1.33 bits per heavy atom. The topological polar surface area (TPSA) is 12.5 Å². The van der Waals surface area contributed by atoms with Crippen LogP contribution in [0.1, 0.15) is 116 Å². The number of benzene rings is 13. The average molecular weight is 1180 g/mol. The monoisotopic (exact) mass is 1180 g/mol. The van der Waals surface area contributed by atoms with E-state index in [0.29, 0.717) is 11.8 Å². The summed E-state index contributed by atoms with van der Waals surface area (Å²) in [6.45, 7) is 9.17. The van der Waals surface area contributed by atoms with Gasteiger partial charge in [0.05, 0.1) is 10.8 Å². The van der Waals surface area contributed by atoms with E-state index in [4.69, 9.17) is 4.74 Å². The van der Waals surface area contributed by atoms with Crippen LogP contribution in [0.15, 0.2) is 309 Å². The molecule has 16 rings (SSSR count). The third-order valence-corrected chi connectivity index (χ3v) is 20.6. The van der Waals surface area contributed by atoms with Gasteiger partial charge in [0, 0.05) is 17.1 Å². The summed E-state index contributed by atoms with van der Waals surface area (Å²) in [5.41, 5.74) is 30.1. The van der Waals surface area contributed by atoms with Crippen LogP contribution in [-0.4, -0.2) is 0 Å². The van der Waals surface area contributed by atoms with Gasteiger partial charge in [0.15, 0.2) is 0 Å². The van der Waals surface area contributed by atoms with Gasteiger partial charge in [-0.15, -0.1) is 0 Å². The predicted octanol–water partition coefficient (Wildman–Crippen LogP) is 23.4. The molecule has 3 aliphatic carbocycles. The molecule has 0 saturated carbocycles. The fourth-order valence-electron chi connectivity index (χ4n) is 16.0. The molecular formula is C90H73NO. The molecule has 444 valence electrons. The SMILES string of the molecule is CCC(CC(C)c1ccc(Oc2ccc(C3(c4cc(C)cc(C)c4)c4ccccc4-c4ccc(N(c5ccc(-c6ccccc6)cc5)c5ccc6c(c5)C(c5ccccc5)(c5ccccc5)c5ccccc5-6)cc43)cc2)cc1)c1ccc(-c2ccc3c(c2)CC3)cc1. The van der Waals surface area contributed by atoms with Gasteiger partial charge in [0.1, 0.15) is 11.5 Å². The van der Waals surface area contributed by atoms with Gasteiger partial charge in [-0.05, 0) is 223 Å². The lowest BCUT2D eigenvalue weighted by Gasteiger charge is -2.36. The molecule has 3 unspecified atom stereocenters. The van der Waals surface area contributed by atoms with Crippen molar-refractivity contribution in [3.8, 4) is 56.0 Å². The molecule has 3 aliphatic rings. The Kier molecular flexibility index (Phi) is 14.4. The number of fused-ring (bicyclic) bond motifs is 7. The molecule has 0 N–H and O–H groups in total. The zero-order valence-corrected chi connectivity index (χ0v) is 52.8. The molecule has 13 aromatic carbocycles. The van der Waals surface area contributed by atoms with E-state index in [-0.39, 0.29) is 0 Å². The maximum Gasteiger partial charge on any atom is 0.127 e. The minimum Gasteiger partial charge on any atom is -0.457 e. The molecule has 0 fully saturated rings. The van der Waals surface area contributed by atoms with E-state index in [9.17, 15) is 0 Å². The smallest absolute Gasteiger partial charge is 0.127 e. The van der Waals surface area contributed by atoms with Crippen LogP contribution in [0.5, 0.6) is 11.5 Å². The van der Waals surface area contributed by atoms with Crippen LogP contribution in [0, 0.1) is 13.8 Å². The highest BCUT2D eigenvalue weighted by Crippen LogP contribution is 2.60. The second-order valence-electron chi connectivity index (χ2n) is 26.0. The highest BCUT2D eigenvalue weighted by molar-refractivity contribution is 5.93. The first kappa shape index (κ1) is 56.7. The van der Waals surface area contributed by atoms with E-state index in [2.05, 4.69) is 342 Å². The van der Waals surface area contributed by atoms with Gasteiger partial charge >= 0.3 is 0 Å². The van der Waals surface area contributed by atoms with Gasteiger partial charge in [-0.1, -0.05) is 274 Å². The Balaban J connectivity index is 0.777. The first-order chi connectivity index (χ1) is 45.2. The molecule has 0 heterocycles. The van der Waals surface area contributed by atoms with Crippen molar-refractivity contribution in [1.82, 2.24) is 0 Å². The number of anilines is 3. The van der Waals surface area contributed by atoms with Crippen molar-refractivity contribution in [1.29, 1.82) is 0 Å². The molecule has 13 aromatic rings. The Hall–Kier alpha value is -10.5. The maximum absolute atomic E-state index is 6.79.